The van der Waals surface area contributed by atoms with Crippen molar-refractivity contribution in [2.45, 2.75) is 6.04 Å². The lowest BCUT2D eigenvalue weighted by Gasteiger charge is -2.26. The van der Waals surface area contributed by atoms with E-state index in [9.17, 15) is 9.65 Å². The van der Waals surface area contributed by atoms with E-state index in [1.54, 1.807) is 24.4 Å². The number of guanidine groups is 1. The largest absolute Gasteiger partial charge is 0.397 e. The normalized spacial score (nSPS) is 15.3. The van der Waals surface area contributed by atoms with Gasteiger partial charge < -0.3 is 16.8 Å². The van der Waals surface area contributed by atoms with Gasteiger partial charge in [0.15, 0.2) is 6.19 Å². The van der Waals surface area contributed by atoms with E-state index >= 15 is 0 Å². The van der Waals surface area contributed by atoms with Crippen LogP contribution in [0.2, 0.25) is 0 Å². The second kappa shape index (κ2) is 5.74. The summed E-state index contributed by atoms with van der Waals surface area (Å²) in [4.78, 5) is 8.37. The van der Waals surface area contributed by atoms with Crippen LogP contribution in [0, 0.1) is 28.6 Å². The highest BCUT2D eigenvalue weighted by molar-refractivity contribution is 5.98. The second-order valence-corrected chi connectivity index (χ2v) is 4.92. The first-order valence-electron chi connectivity index (χ1n) is 6.80. The maximum atomic E-state index is 14.2. The summed E-state index contributed by atoms with van der Waals surface area (Å²) < 4.78 is 14.2. The van der Waals surface area contributed by atoms with Gasteiger partial charge in [0.05, 0.1) is 5.69 Å². The highest BCUT2D eigenvalue weighted by Gasteiger charge is 2.30. The van der Waals surface area contributed by atoms with Crippen LogP contribution < -0.4 is 22.1 Å². The highest BCUT2D eigenvalue weighted by atomic mass is 19.1. The number of benzene rings is 1. The molecule has 0 aliphatic carbocycles. The number of nitrogens with one attached hydrogen (secondary N) is 2. The number of nitrogens with zero attached hydrogens (tertiary/aromatic N) is 4. The van der Waals surface area contributed by atoms with Crippen LogP contribution in [0.25, 0.3) is 0 Å². The summed E-state index contributed by atoms with van der Waals surface area (Å²) in [5.41, 5.74) is 12.4. The lowest BCUT2D eigenvalue weighted by molar-refractivity contribution is 0.599. The topological polar surface area (TPSA) is 149 Å². The third kappa shape index (κ3) is 2.30. The smallest absolute Gasteiger partial charge is 0.211 e. The molecule has 2 aromatic rings. The fraction of sp³-hybridized carbons (Fsp3) is 0.0667. The minimum absolute atomic E-state index is 0.00350. The Bertz CT molecular complexity index is 938. The maximum Gasteiger partial charge on any atom is 0.211 e. The molecule has 0 spiro atoms. The molecule has 6 N–H and O–H groups in total. The van der Waals surface area contributed by atoms with E-state index in [1.807, 2.05) is 6.07 Å². The number of nitrogen functional groups attached to an aromatic ring is 2. The molecule has 1 aromatic heterocycles. The third-order valence-corrected chi connectivity index (χ3v) is 3.56. The molecule has 0 saturated heterocycles. The Kier molecular flexibility index (Phi) is 3.60. The molecule has 0 bridgehead atoms. The minimum Gasteiger partial charge on any atom is -0.397 e. The Morgan fingerprint density at radius 3 is 2.67 bits per heavy atom. The molecule has 8 nitrogen and oxygen atoms in total. The van der Waals surface area contributed by atoms with E-state index < -0.39 is 11.9 Å². The van der Waals surface area contributed by atoms with Gasteiger partial charge in [-0.05, 0) is 6.07 Å². The summed E-state index contributed by atoms with van der Waals surface area (Å²) in [7, 11) is 0. The van der Waals surface area contributed by atoms with Crippen LogP contribution in [-0.4, -0.2) is 10.9 Å². The lowest BCUT2D eigenvalue weighted by atomic mass is 9.95. The first kappa shape index (κ1) is 15.1. The number of anilines is 3. The van der Waals surface area contributed by atoms with Gasteiger partial charge in [0, 0.05) is 11.1 Å². The molecule has 0 radical (unpaired) electrons. The molecule has 1 aliphatic heterocycles. The number of hydrogen-bond acceptors (Lipinski definition) is 8. The van der Waals surface area contributed by atoms with Gasteiger partial charge in [-0.25, -0.2) is 14.4 Å². The first-order valence-corrected chi connectivity index (χ1v) is 6.80. The zero-order chi connectivity index (χ0) is 17.3. The maximum absolute atomic E-state index is 14.2. The van der Waals surface area contributed by atoms with Crippen LogP contribution >= 0.6 is 0 Å². The van der Waals surface area contributed by atoms with Crippen molar-refractivity contribution in [3.05, 3.63) is 46.8 Å². The SMILES string of the molecule is N#CNC1=NC(c2ccccc2F)c2c(nc(N)c(C#N)c2N)N1. The zero-order valence-corrected chi connectivity index (χ0v) is 12.2. The van der Waals surface area contributed by atoms with Crippen molar-refractivity contribution in [2.75, 3.05) is 16.8 Å². The number of pyridine rings is 1. The number of halogens is 1. The van der Waals surface area contributed by atoms with Crippen LogP contribution in [0.15, 0.2) is 29.3 Å². The number of nitriles is 2. The number of aromatic nitrogens is 1. The number of rotatable bonds is 1. The van der Waals surface area contributed by atoms with Crippen molar-refractivity contribution in [3.8, 4) is 12.3 Å². The molecule has 1 aliphatic rings. The zero-order valence-electron chi connectivity index (χ0n) is 12.2. The van der Waals surface area contributed by atoms with Gasteiger partial charge in [-0.15, -0.1) is 0 Å². The van der Waals surface area contributed by atoms with Crippen molar-refractivity contribution in [3.63, 3.8) is 0 Å². The third-order valence-electron chi connectivity index (χ3n) is 3.56. The summed E-state index contributed by atoms with van der Waals surface area (Å²) in [6.07, 6.45) is 1.73. The molecule has 9 heteroatoms. The molecule has 1 atom stereocenters. The lowest BCUT2D eigenvalue weighted by Crippen LogP contribution is -2.33. The Hall–Kier alpha value is -3.85. The quantitative estimate of drug-likeness (QED) is 0.455. The fourth-order valence-corrected chi connectivity index (χ4v) is 2.50. The Morgan fingerprint density at radius 2 is 2.00 bits per heavy atom. The van der Waals surface area contributed by atoms with Crippen LogP contribution in [0.1, 0.15) is 22.7 Å². The molecule has 0 amide bonds. The molecule has 3 rings (SSSR count). The van der Waals surface area contributed by atoms with Crippen LogP contribution in [0.5, 0.6) is 0 Å². The van der Waals surface area contributed by atoms with Crippen LogP contribution in [0.3, 0.4) is 0 Å². The van der Waals surface area contributed by atoms with Crippen molar-refractivity contribution in [2.24, 2.45) is 4.99 Å². The molecule has 2 heterocycles. The summed E-state index contributed by atoms with van der Waals surface area (Å²) >= 11 is 0. The average Bonchev–Trinajstić information content (AvgIpc) is 2.55. The van der Waals surface area contributed by atoms with E-state index in [-0.39, 0.29) is 34.4 Å². The Balaban J connectivity index is 2.28. The molecule has 1 aromatic carbocycles. The molecular formula is C15H11FN8. The van der Waals surface area contributed by atoms with E-state index in [4.69, 9.17) is 16.7 Å². The van der Waals surface area contributed by atoms with Gasteiger partial charge in [0.1, 0.15) is 35.1 Å². The predicted molar refractivity (Wildman–Crippen MR) is 85.8 cm³/mol. The van der Waals surface area contributed by atoms with Crippen molar-refractivity contribution >= 4 is 23.3 Å². The van der Waals surface area contributed by atoms with Crippen LogP contribution in [-0.2, 0) is 0 Å². The van der Waals surface area contributed by atoms with Gasteiger partial charge >= 0.3 is 0 Å². The first-order chi connectivity index (χ1) is 11.6. The van der Waals surface area contributed by atoms with Gasteiger partial charge in [0.2, 0.25) is 5.96 Å². The van der Waals surface area contributed by atoms with Crippen molar-refractivity contribution in [1.82, 2.24) is 10.3 Å². The molecule has 1 unspecified atom stereocenters. The number of hydrogen-bond donors (Lipinski definition) is 4. The summed E-state index contributed by atoms with van der Waals surface area (Å²) in [5.74, 6) is -0.267. The molecule has 0 fully saturated rings. The molecule has 24 heavy (non-hydrogen) atoms. The van der Waals surface area contributed by atoms with Gasteiger partial charge in [-0.1, -0.05) is 18.2 Å². The molecular weight excluding hydrogens is 311 g/mol. The van der Waals surface area contributed by atoms with E-state index in [0.717, 1.165) is 0 Å². The van der Waals surface area contributed by atoms with Crippen molar-refractivity contribution in [1.29, 1.82) is 10.5 Å². The summed E-state index contributed by atoms with van der Waals surface area (Å²) in [6.45, 7) is 0. The fourth-order valence-electron chi connectivity index (χ4n) is 2.50. The molecule has 0 saturated carbocycles. The average molecular weight is 322 g/mol. The van der Waals surface area contributed by atoms with E-state index in [0.29, 0.717) is 5.56 Å². The Morgan fingerprint density at radius 1 is 1.25 bits per heavy atom. The minimum atomic E-state index is -0.876. The van der Waals surface area contributed by atoms with E-state index in [1.165, 1.54) is 6.07 Å². The number of nitrogens with two attached hydrogens (primary N) is 2. The molecule has 118 valence electrons. The highest BCUT2D eigenvalue weighted by Crippen LogP contribution is 2.40. The van der Waals surface area contributed by atoms with Gasteiger partial charge in [-0.3, -0.25) is 5.32 Å². The van der Waals surface area contributed by atoms with Gasteiger partial charge in [0.25, 0.3) is 0 Å². The predicted octanol–water partition coefficient (Wildman–Crippen LogP) is 1.20. The number of fused-ring (bicyclic) bond motifs is 1. The monoisotopic (exact) mass is 322 g/mol. The summed E-state index contributed by atoms with van der Waals surface area (Å²) in [5, 5.41) is 23.1. The number of aliphatic imine (C=N–C) groups is 1. The van der Waals surface area contributed by atoms with Gasteiger partial charge in [-0.2, -0.15) is 10.5 Å². The standard InChI is InChI=1S/C15H11FN8/c16-9-4-2-1-3-7(9)12-10-11(19)8(5-17)13(20)23-14(10)24-15(22-12)21-6-18/h1-4,12H,(H6,19,20,21,22,23,24). The summed E-state index contributed by atoms with van der Waals surface area (Å²) in [6, 6.07) is 7.04. The van der Waals surface area contributed by atoms with E-state index in [2.05, 4.69) is 20.6 Å². The Labute approximate surface area is 136 Å². The van der Waals surface area contributed by atoms with Crippen LogP contribution in [0.4, 0.5) is 21.7 Å². The van der Waals surface area contributed by atoms with Crippen molar-refractivity contribution < 1.29 is 4.39 Å². The second-order valence-electron chi connectivity index (χ2n) is 4.92.